The molecule has 0 aliphatic carbocycles. The lowest BCUT2D eigenvalue weighted by molar-refractivity contribution is 0.196. The van der Waals surface area contributed by atoms with Crippen LogP contribution in [0.15, 0.2) is 5.38 Å². The molecule has 0 aliphatic heterocycles. The summed E-state index contributed by atoms with van der Waals surface area (Å²) in [6, 6.07) is 0. The van der Waals surface area contributed by atoms with Gasteiger partial charge in [0.25, 0.3) is 0 Å². The van der Waals surface area contributed by atoms with Crippen molar-refractivity contribution in [2.45, 2.75) is 46.5 Å². The maximum atomic E-state index is 5.07. The number of hydrogen-bond acceptors (Lipinski definition) is 4. The summed E-state index contributed by atoms with van der Waals surface area (Å²) in [6.45, 7) is 14.0. The van der Waals surface area contributed by atoms with E-state index in [4.69, 9.17) is 9.72 Å². The van der Waals surface area contributed by atoms with Crippen LogP contribution in [0.2, 0.25) is 0 Å². The van der Waals surface area contributed by atoms with Gasteiger partial charge in [-0.15, -0.1) is 11.3 Å². The van der Waals surface area contributed by atoms with E-state index < -0.39 is 0 Å². The molecule has 0 aliphatic rings. The number of ether oxygens (including phenoxy) is 1. The Kier molecular flexibility index (Phi) is 7.13. The Morgan fingerprint density at radius 1 is 1.35 bits per heavy atom. The average Bonchev–Trinajstić information content (AvgIpc) is 2.81. The highest BCUT2D eigenvalue weighted by Gasteiger charge is 2.20. The van der Waals surface area contributed by atoms with E-state index in [0.29, 0.717) is 11.8 Å². The van der Waals surface area contributed by atoms with Crippen molar-refractivity contribution in [3.63, 3.8) is 0 Å². The lowest BCUT2D eigenvalue weighted by Gasteiger charge is -2.20. The first kappa shape index (κ1) is 17.6. The van der Waals surface area contributed by atoms with Crippen LogP contribution < -0.4 is 5.32 Å². The van der Waals surface area contributed by atoms with Crippen LogP contribution in [-0.2, 0) is 16.6 Å². The Morgan fingerprint density at radius 3 is 2.55 bits per heavy atom. The molecule has 1 heterocycles. The zero-order valence-corrected chi connectivity index (χ0v) is 14.6. The van der Waals surface area contributed by atoms with E-state index in [2.05, 4.69) is 45.3 Å². The second-order valence-corrected chi connectivity index (χ2v) is 7.72. The minimum Gasteiger partial charge on any atom is -0.383 e. The SMILES string of the molecule is COCCNCC(Cc1nc(C(C)(C)C)cs1)C(C)C. The zero-order chi connectivity index (χ0) is 15.2. The minimum atomic E-state index is 0.152. The third-order valence-corrected chi connectivity index (χ3v) is 4.46. The number of thiazole rings is 1. The molecule has 1 rings (SSSR count). The Morgan fingerprint density at radius 2 is 2.05 bits per heavy atom. The van der Waals surface area contributed by atoms with Gasteiger partial charge in [0.15, 0.2) is 0 Å². The van der Waals surface area contributed by atoms with E-state index in [1.807, 2.05) is 0 Å². The second kappa shape index (κ2) is 8.11. The zero-order valence-electron chi connectivity index (χ0n) is 13.8. The molecule has 0 radical (unpaired) electrons. The number of hydrogen-bond donors (Lipinski definition) is 1. The highest BCUT2D eigenvalue weighted by Crippen LogP contribution is 2.26. The molecule has 116 valence electrons. The standard InChI is InChI=1S/C16H30N2OS/c1-12(2)13(10-17-7-8-19-6)9-15-18-14(11-20-15)16(3,4)5/h11-13,17H,7-10H2,1-6H3. The van der Waals surface area contributed by atoms with Gasteiger partial charge in [0.05, 0.1) is 17.3 Å². The summed E-state index contributed by atoms with van der Waals surface area (Å²) in [5.74, 6) is 1.29. The van der Waals surface area contributed by atoms with Gasteiger partial charge in [0.1, 0.15) is 0 Å². The molecule has 1 unspecified atom stereocenters. The van der Waals surface area contributed by atoms with Crippen LogP contribution >= 0.6 is 11.3 Å². The predicted molar refractivity (Wildman–Crippen MR) is 87.6 cm³/mol. The molecule has 0 aromatic carbocycles. The summed E-state index contributed by atoms with van der Waals surface area (Å²) in [7, 11) is 1.74. The summed E-state index contributed by atoms with van der Waals surface area (Å²) in [5, 5.41) is 6.96. The van der Waals surface area contributed by atoms with E-state index in [0.717, 1.165) is 26.1 Å². The molecule has 0 saturated heterocycles. The van der Waals surface area contributed by atoms with Gasteiger partial charge in [-0.05, 0) is 18.4 Å². The largest absolute Gasteiger partial charge is 0.383 e. The summed E-state index contributed by atoms with van der Waals surface area (Å²) in [5.41, 5.74) is 1.37. The van der Waals surface area contributed by atoms with Crippen molar-refractivity contribution in [1.82, 2.24) is 10.3 Å². The number of rotatable bonds is 8. The molecular weight excluding hydrogens is 268 g/mol. The molecule has 0 amide bonds. The third kappa shape index (κ3) is 5.90. The van der Waals surface area contributed by atoms with E-state index in [9.17, 15) is 0 Å². The fraction of sp³-hybridized carbons (Fsp3) is 0.812. The number of nitrogens with zero attached hydrogens (tertiary/aromatic N) is 1. The van der Waals surface area contributed by atoms with Gasteiger partial charge in [-0.3, -0.25) is 0 Å². The first-order valence-electron chi connectivity index (χ1n) is 7.49. The third-order valence-electron chi connectivity index (χ3n) is 3.59. The topological polar surface area (TPSA) is 34.1 Å². The number of aromatic nitrogens is 1. The van der Waals surface area contributed by atoms with Crippen LogP contribution in [-0.4, -0.2) is 31.8 Å². The highest BCUT2D eigenvalue weighted by atomic mass is 32.1. The molecule has 1 aromatic heterocycles. The average molecular weight is 298 g/mol. The van der Waals surface area contributed by atoms with Gasteiger partial charge in [-0.25, -0.2) is 4.98 Å². The van der Waals surface area contributed by atoms with Gasteiger partial charge in [0.2, 0.25) is 0 Å². The lowest BCUT2D eigenvalue weighted by Crippen LogP contribution is -2.30. The molecule has 0 saturated carbocycles. The molecule has 0 spiro atoms. The Hall–Kier alpha value is -0.450. The summed E-state index contributed by atoms with van der Waals surface area (Å²) in [6.07, 6.45) is 1.07. The Bertz CT molecular complexity index is 382. The molecule has 1 N–H and O–H groups in total. The van der Waals surface area contributed by atoms with Crippen molar-refractivity contribution >= 4 is 11.3 Å². The van der Waals surface area contributed by atoms with E-state index in [-0.39, 0.29) is 5.41 Å². The van der Waals surface area contributed by atoms with Crippen LogP contribution in [0, 0.1) is 11.8 Å². The smallest absolute Gasteiger partial charge is 0.0931 e. The molecule has 1 atom stereocenters. The molecular formula is C16H30N2OS. The minimum absolute atomic E-state index is 0.152. The molecule has 4 heteroatoms. The van der Waals surface area contributed by atoms with Gasteiger partial charge in [0, 0.05) is 30.9 Å². The number of nitrogens with one attached hydrogen (secondary N) is 1. The summed E-state index contributed by atoms with van der Waals surface area (Å²) in [4.78, 5) is 4.81. The Labute approximate surface area is 128 Å². The van der Waals surface area contributed by atoms with Crippen LogP contribution in [0.4, 0.5) is 0 Å². The van der Waals surface area contributed by atoms with Crippen molar-refractivity contribution in [2.75, 3.05) is 26.8 Å². The molecule has 0 fully saturated rings. The first-order chi connectivity index (χ1) is 9.34. The monoisotopic (exact) mass is 298 g/mol. The maximum absolute atomic E-state index is 5.07. The van der Waals surface area contributed by atoms with Gasteiger partial charge in [-0.2, -0.15) is 0 Å². The van der Waals surface area contributed by atoms with Crippen molar-refractivity contribution in [3.05, 3.63) is 16.1 Å². The summed E-state index contributed by atoms with van der Waals surface area (Å²) >= 11 is 1.80. The predicted octanol–water partition coefficient (Wildman–Crippen LogP) is 3.49. The van der Waals surface area contributed by atoms with E-state index in [1.165, 1.54) is 10.7 Å². The fourth-order valence-electron chi connectivity index (χ4n) is 1.98. The van der Waals surface area contributed by atoms with Gasteiger partial charge < -0.3 is 10.1 Å². The molecule has 20 heavy (non-hydrogen) atoms. The van der Waals surface area contributed by atoms with Gasteiger partial charge in [-0.1, -0.05) is 34.6 Å². The first-order valence-corrected chi connectivity index (χ1v) is 8.37. The van der Waals surface area contributed by atoms with Gasteiger partial charge >= 0.3 is 0 Å². The number of methoxy groups -OCH3 is 1. The van der Waals surface area contributed by atoms with Crippen molar-refractivity contribution in [1.29, 1.82) is 0 Å². The second-order valence-electron chi connectivity index (χ2n) is 6.78. The molecule has 3 nitrogen and oxygen atoms in total. The quantitative estimate of drug-likeness (QED) is 0.746. The molecule has 0 bridgehead atoms. The van der Waals surface area contributed by atoms with Crippen LogP contribution in [0.5, 0.6) is 0 Å². The maximum Gasteiger partial charge on any atom is 0.0931 e. The van der Waals surface area contributed by atoms with E-state index >= 15 is 0 Å². The van der Waals surface area contributed by atoms with Crippen LogP contribution in [0.1, 0.15) is 45.3 Å². The van der Waals surface area contributed by atoms with Crippen molar-refractivity contribution in [3.8, 4) is 0 Å². The lowest BCUT2D eigenvalue weighted by atomic mass is 9.92. The fourth-order valence-corrected chi connectivity index (χ4v) is 3.09. The van der Waals surface area contributed by atoms with E-state index in [1.54, 1.807) is 18.4 Å². The molecule has 1 aromatic rings. The summed E-state index contributed by atoms with van der Waals surface area (Å²) < 4.78 is 5.07. The Balaban J connectivity index is 2.55. The van der Waals surface area contributed by atoms with Crippen molar-refractivity contribution in [2.24, 2.45) is 11.8 Å². The van der Waals surface area contributed by atoms with Crippen LogP contribution in [0.25, 0.3) is 0 Å². The normalized spacial score (nSPS) is 13.9. The highest BCUT2D eigenvalue weighted by molar-refractivity contribution is 7.09. The van der Waals surface area contributed by atoms with Crippen molar-refractivity contribution < 1.29 is 4.74 Å². The van der Waals surface area contributed by atoms with Crippen LogP contribution in [0.3, 0.4) is 0 Å².